The Balaban J connectivity index is 2.87. The van der Waals surface area contributed by atoms with Crippen LogP contribution in [-0.2, 0) is 9.53 Å². The number of esters is 1. The molecule has 0 aromatic rings. The molecular formula is C10H17NO3S2. The lowest BCUT2D eigenvalue weighted by atomic mass is 10.2. The molecule has 0 bridgehead atoms. The van der Waals surface area contributed by atoms with E-state index in [2.05, 4.69) is 0 Å². The van der Waals surface area contributed by atoms with Gasteiger partial charge in [0.25, 0.3) is 5.24 Å². The van der Waals surface area contributed by atoms with Crippen molar-refractivity contribution in [1.29, 1.82) is 0 Å². The number of thioether (sulfide) groups is 2. The molecule has 92 valence electrons. The van der Waals surface area contributed by atoms with Crippen molar-refractivity contribution in [2.45, 2.75) is 31.7 Å². The second-order valence-corrected chi connectivity index (χ2v) is 6.70. The van der Waals surface area contributed by atoms with E-state index in [4.69, 9.17) is 4.74 Å². The molecule has 4 nitrogen and oxygen atoms in total. The van der Waals surface area contributed by atoms with E-state index in [1.165, 1.54) is 18.9 Å². The maximum atomic E-state index is 12.0. The molecule has 1 atom stereocenters. The van der Waals surface area contributed by atoms with Crippen LogP contribution in [0.4, 0.5) is 4.79 Å². The molecule has 1 heterocycles. The molecule has 1 fully saturated rings. The van der Waals surface area contributed by atoms with Crippen LogP contribution >= 0.6 is 23.5 Å². The number of hydrogen-bond acceptors (Lipinski definition) is 5. The van der Waals surface area contributed by atoms with Crippen molar-refractivity contribution in [2.75, 3.05) is 18.6 Å². The number of methoxy groups -OCH3 is 1. The molecule has 0 aliphatic carbocycles. The molecule has 1 rings (SSSR count). The standard InChI is InChI=1S/C10H17NO3S2/c1-5-15-9(13)11-7(8(12)14-4)6-16-10(11,2)3/h7H,5-6H2,1-4H3. The lowest BCUT2D eigenvalue weighted by Crippen LogP contribution is -2.48. The maximum absolute atomic E-state index is 12.0. The smallest absolute Gasteiger partial charge is 0.329 e. The van der Waals surface area contributed by atoms with Crippen LogP contribution in [0.25, 0.3) is 0 Å². The number of carbonyl (C=O) groups excluding carboxylic acids is 2. The summed E-state index contributed by atoms with van der Waals surface area (Å²) in [7, 11) is 1.36. The number of ether oxygens (including phenoxy) is 1. The Labute approximate surface area is 104 Å². The summed E-state index contributed by atoms with van der Waals surface area (Å²) in [6.45, 7) is 5.83. The normalized spacial score (nSPS) is 23.2. The Morgan fingerprint density at radius 3 is 2.69 bits per heavy atom. The van der Waals surface area contributed by atoms with Gasteiger partial charge >= 0.3 is 5.97 Å². The molecule has 1 amide bonds. The van der Waals surface area contributed by atoms with Crippen LogP contribution in [-0.4, -0.2) is 45.6 Å². The van der Waals surface area contributed by atoms with E-state index < -0.39 is 6.04 Å². The zero-order chi connectivity index (χ0) is 12.3. The first-order chi connectivity index (χ1) is 7.44. The van der Waals surface area contributed by atoms with E-state index in [-0.39, 0.29) is 16.1 Å². The summed E-state index contributed by atoms with van der Waals surface area (Å²) in [6, 6.07) is -0.448. The van der Waals surface area contributed by atoms with Gasteiger partial charge in [-0.25, -0.2) is 4.79 Å². The Morgan fingerprint density at radius 2 is 2.19 bits per heavy atom. The first kappa shape index (κ1) is 13.7. The van der Waals surface area contributed by atoms with Crippen LogP contribution in [0.5, 0.6) is 0 Å². The molecule has 0 aromatic heterocycles. The molecule has 0 aromatic carbocycles. The summed E-state index contributed by atoms with van der Waals surface area (Å²) in [5.74, 6) is 0.989. The van der Waals surface area contributed by atoms with E-state index in [0.29, 0.717) is 11.5 Å². The summed E-state index contributed by atoms with van der Waals surface area (Å²) < 4.78 is 4.73. The van der Waals surface area contributed by atoms with E-state index in [1.54, 1.807) is 16.7 Å². The average molecular weight is 263 g/mol. The highest BCUT2D eigenvalue weighted by Crippen LogP contribution is 2.40. The second-order valence-electron chi connectivity index (χ2n) is 3.87. The van der Waals surface area contributed by atoms with Crippen LogP contribution in [0.2, 0.25) is 0 Å². The molecule has 16 heavy (non-hydrogen) atoms. The zero-order valence-electron chi connectivity index (χ0n) is 9.98. The summed E-state index contributed by atoms with van der Waals surface area (Å²) in [5, 5.41) is -0.0482. The van der Waals surface area contributed by atoms with Crippen molar-refractivity contribution in [3.63, 3.8) is 0 Å². The van der Waals surface area contributed by atoms with Crippen LogP contribution in [0.1, 0.15) is 20.8 Å². The molecule has 1 aliphatic heterocycles. The Kier molecular flexibility index (Phi) is 4.55. The lowest BCUT2D eigenvalue weighted by molar-refractivity contribution is -0.145. The van der Waals surface area contributed by atoms with Crippen molar-refractivity contribution < 1.29 is 14.3 Å². The fourth-order valence-corrected chi connectivity index (χ4v) is 3.65. The largest absolute Gasteiger partial charge is 0.467 e. The van der Waals surface area contributed by atoms with Crippen LogP contribution in [0.3, 0.4) is 0 Å². The summed E-state index contributed by atoms with van der Waals surface area (Å²) in [6.07, 6.45) is 0. The SMILES string of the molecule is CCSC(=O)N1C(C(=O)OC)CSC1(C)C. The highest BCUT2D eigenvalue weighted by molar-refractivity contribution is 8.13. The minimum absolute atomic E-state index is 0.0482. The lowest BCUT2D eigenvalue weighted by Gasteiger charge is -2.32. The monoisotopic (exact) mass is 263 g/mol. The first-order valence-corrected chi connectivity index (χ1v) is 7.09. The highest BCUT2D eigenvalue weighted by atomic mass is 32.2. The van der Waals surface area contributed by atoms with Gasteiger partial charge in [-0.2, -0.15) is 0 Å². The van der Waals surface area contributed by atoms with Crippen molar-refractivity contribution in [3.05, 3.63) is 0 Å². The highest BCUT2D eigenvalue weighted by Gasteiger charge is 2.46. The van der Waals surface area contributed by atoms with Crippen LogP contribution < -0.4 is 0 Å². The number of amides is 1. The van der Waals surface area contributed by atoms with Gasteiger partial charge in [0.15, 0.2) is 0 Å². The molecule has 1 saturated heterocycles. The molecule has 1 unspecified atom stereocenters. The fraction of sp³-hybridized carbons (Fsp3) is 0.800. The Hall–Kier alpha value is -0.360. The van der Waals surface area contributed by atoms with Gasteiger partial charge in [0, 0.05) is 5.75 Å². The Bertz CT molecular complexity index is 294. The van der Waals surface area contributed by atoms with Crippen LogP contribution in [0.15, 0.2) is 0 Å². The maximum Gasteiger partial charge on any atom is 0.329 e. The molecule has 1 aliphatic rings. The topological polar surface area (TPSA) is 46.6 Å². The summed E-state index contributed by atoms with van der Waals surface area (Å²) in [4.78, 5) is 24.8. The van der Waals surface area contributed by atoms with Gasteiger partial charge in [0.2, 0.25) is 0 Å². The third kappa shape index (κ3) is 2.66. The van der Waals surface area contributed by atoms with Gasteiger partial charge in [-0.05, 0) is 19.6 Å². The molecule has 6 heteroatoms. The van der Waals surface area contributed by atoms with Crippen LogP contribution in [0, 0.1) is 0 Å². The van der Waals surface area contributed by atoms with E-state index in [0.717, 1.165) is 0 Å². The molecule has 0 spiro atoms. The van der Waals surface area contributed by atoms with E-state index >= 15 is 0 Å². The minimum Gasteiger partial charge on any atom is -0.467 e. The zero-order valence-corrected chi connectivity index (χ0v) is 11.6. The summed E-state index contributed by atoms with van der Waals surface area (Å²) in [5.41, 5.74) is 0. The average Bonchev–Trinajstić information content (AvgIpc) is 2.53. The fourth-order valence-electron chi connectivity index (χ4n) is 1.65. The first-order valence-electron chi connectivity index (χ1n) is 5.12. The Morgan fingerprint density at radius 1 is 1.56 bits per heavy atom. The minimum atomic E-state index is -0.448. The number of carbonyl (C=O) groups is 2. The van der Waals surface area contributed by atoms with Gasteiger partial charge in [0.05, 0.1) is 12.0 Å². The third-order valence-electron chi connectivity index (χ3n) is 2.42. The number of rotatable bonds is 2. The predicted octanol–water partition coefficient (Wildman–Crippen LogP) is 2.19. The van der Waals surface area contributed by atoms with Gasteiger partial charge in [-0.1, -0.05) is 18.7 Å². The molecule has 0 N–H and O–H groups in total. The van der Waals surface area contributed by atoms with Gasteiger partial charge in [-0.15, -0.1) is 11.8 Å². The predicted molar refractivity (Wildman–Crippen MR) is 67.7 cm³/mol. The van der Waals surface area contributed by atoms with Crippen molar-refractivity contribution >= 4 is 34.7 Å². The van der Waals surface area contributed by atoms with Crippen molar-refractivity contribution in [3.8, 4) is 0 Å². The van der Waals surface area contributed by atoms with E-state index in [1.807, 2.05) is 20.8 Å². The third-order valence-corrected chi connectivity index (χ3v) is 4.54. The van der Waals surface area contributed by atoms with Gasteiger partial charge < -0.3 is 9.64 Å². The van der Waals surface area contributed by atoms with E-state index in [9.17, 15) is 9.59 Å². The molecular weight excluding hydrogens is 246 g/mol. The van der Waals surface area contributed by atoms with Gasteiger partial charge in [0.1, 0.15) is 6.04 Å². The van der Waals surface area contributed by atoms with Crippen molar-refractivity contribution in [2.24, 2.45) is 0 Å². The number of nitrogens with zero attached hydrogens (tertiary/aromatic N) is 1. The molecule has 0 saturated carbocycles. The second kappa shape index (κ2) is 5.31. The number of hydrogen-bond donors (Lipinski definition) is 0. The van der Waals surface area contributed by atoms with Crippen molar-refractivity contribution in [1.82, 2.24) is 4.90 Å². The van der Waals surface area contributed by atoms with Gasteiger partial charge in [-0.3, -0.25) is 4.79 Å². The summed E-state index contributed by atoms with van der Waals surface area (Å²) >= 11 is 2.83. The molecule has 0 radical (unpaired) electrons. The quantitative estimate of drug-likeness (QED) is 0.715.